The molecule has 0 unspecified atom stereocenters. The summed E-state index contributed by atoms with van der Waals surface area (Å²) in [6, 6.07) is 3.99. The summed E-state index contributed by atoms with van der Waals surface area (Å²) in [5.41, 5.74) is 0.517. The van der Waals surface area contributed by atoms with Crippen LogP contribution in [0.4, 0.5) is 0 Å². The number of halogens is 1. The molecule has 102 valence electrons. The van der Waals surface area contributed by atoms with E-state index in [9.17, 15) is 4.79 Å². The van der Waals surface area contributed by atoms with E-state index in [1.54, 1.807) is 23.3 Å². The van der Waals surface area contributed by atoms with Crippen molar-refractivity contribution in [2.24, 2.45) is 0 Å². The maximum absolute atomic E-state index is 12.1. The van der Waals surface area contributed by atoms with Gasteiger partial charge >= 0.3 is 0 Å². The topological polar surface area (TPSA) is 45.2 Å². The zero-order chi connectivity index (χ0) is 13.8. The number of carbonyl (C=O) groups is 1. The van der Waals surface area contributed by atoms with Crippen LogP contribution in [0.1, 0.15) is 10.5 Å². The van der Waals surface area contributed by atoms with E-state index in [0.717, 1.165) is 20.2 Å². The van der Waals surface area contributed by atoms with Crippen LogP contribution in [-0.2, 0) is 0 Å². The summed E-state index contributed by atoms with van der Waals surface area (Å²) in [5.74, 6) is -0.0339. The van der Waals surface area contributed by atoms with Crippen LogP contribution >= 0.6 is 38.6 Å². The molecule has 0 aromatic carbocycles. The van der Waals surface area contributed by atoms with Gasteiger partial charge in [0, 0.05) is 25.5 Å². The van der Waals surface area contributed by atoms with E-state index in [4.69, 9.17) is 0 Å². The van der Waals surface area contributed by atoms with Crippen molar-refractivity contribution < 1.29 is 4.79 Å². The lowest BCUT2D eigenvalue weighted by molar-refractivity contribution is 0.0792. The highest BCUT2D eigenvalue weighted by atomic mass is 79.9. The number of thiazole rings is 1. The molecule has 2 heterocycles. The first-order valence-electron chi connectivity index (χ1n) is 5.73. The highest BCUT2D eigenvalue weighted by Crippen LogP contribution is 2.33. The zero-order valence-electron chi connectivity index (χ0n) is 10.6. The molecule has 2 aromatic heterocycles. The van der Waals surface area contributed by atoms with Crippen molar-refractivity contribution in [2.45, 2.75) is 0 Å². The summed E-state index contributed by atoms with van der Waals surface area (Å²) in [6.45, 7) is 1.45. The van der Waals surface area contributed by atoms with Crippen molar-refractivity contribution in [1.29, 1.82) is 0 Å². The number of aromatic nitrogens is 1. The van der Waals surface area contributed by atoms with Gasteiger partial charge in [0.15, 0.2) is 0 Å². The second kappa shape index (κ2) is 6.60. The van der Waals surface area contributed by atoms with E-state index in [2.05, 4.69) is 26.2 Å². The molecular weight excluding hydrogens is 346 g/mol. The number of rotatable bonds is 5. The van der Waals surface area contributed by atoms with Crippen LogP contribution in [0.15, 0.2) is 21.3 Å². The van der Waals surface area contributed by atoms with Crippen molar-refractivity contribution in [3.8, 4) is 9.88 Å². The van der Waals surface area contributed by atoms with Crippen LogP contribution in [0.2, 0.25) is 0 Å². The van der Waals surface area contributed by atoms with E-state index in [-0.39, 0.29) is 5.91 Å². The van der Waals surface area contributed by atoms with Gasteiger partial charge in [0.1, 0.15) is 10.7 Å². The van der Waals surface area contributed by atoms with Crippen molar-refractivity contribution in [3.05, 3.63) is 27.0 Å². The molecule has 2 aromatic rings. The van der Waals surface area contributed by atoms with Gasteiger partial charge in [0.25, 0.3) is 5.91 Å². The number of hydrogen-bond donors (Lipinski definition) is 1. The van der Waals surface area contributed by atoms with Gasteiger partial charge in [-0.15, -0.1) is 22.7 Å². The Hall–Kier alpha value is -0.760. The van der Waals surface area contributed by atoms with Gasteiger partial charge in [-0.05, 0) is 35.1 Å². The minimum atomic E-state index is -0.0339. The van der Waals surface area contributed by atoms with Crippen molar-refractivity contribution >= 4 is 44.5 Å². The first-order valence-corrected chi connectivity index (χ1v) is 8.22. The minimum absolute atomic E-state index is 0.0339. The monoisotopic (exact) mass is 359 g/mol. The van der Waals surface area contributed by atoms with E-state index in [0.29, 0.717) is 12.2 Å². The lowest BCUT2D eigenvalue weighted by Gasteiger charge is -2.15. The van der Waals surface area contributed by atoms with Crippen LogP contribution in [0, 0.1) is 0 Å². The summed E-state index contributed by atoms with van der Waals surface area (Å²) in [6.07, 6.45) is 0. The predicted octanol–water partition coefficient (Wildman–Crippen LogP) is 2.93. The largest absolute Gasteiger partial charge is 0.339 e. The molecule has 0 bridgehead atoms. The maximum Gasteiger partial charge on any atom is 0.273 e. The molecule has 4 nitrogen and oxygen atoms in total. The van der Waals surface area contributed by atoms with Crippen LogP contribution in [-0.4, -0.2) is 43.0 Å². The molecular formula is C12H14BrN3OS2. The number of nitrogens with zero attached hydrogens (tertiary/aromatic N) is 2. The fraction of sp³-hybridized carbons (Fsp3) is 0.333. The number of nitrogens with one attached hydrogen (secondary N) is 1. The fourth-order valence-electron chi connectivity index (χ4n) is 1.49. The smallest absolute Gasteiger partial charge is 0.273 e. The van der Waals surface area contributed by atoms with Gasteiger partial charge in [-0.2, -0.15) is 0 Å². The summed E-state index contributed by atoms with van der Waals surface area (Å²) in [5, 5.41) is 5.73. The number of hydrogen-bond acceptors (Lipinski definition) is 5. The van der Waals surface area contributed by atoms with E-state index >= 15 is 0 Å². The Morgan fingerprint density at radius 1 is 1.53 bits per heavy atom. The third-order valence-electron chi connectivity index (χ3n) is 2.55. The molecule has 7 heteroatoms. The van der Waals surface area contributed by atoms with Gasteiger partial charge in [-0.1, -0.05) is 0 Å². The summed E-state index contributed by atoms with van der Waals surface area (Å²) < 4.78 is 1.07. The third-order valence-corrected chi connectivity index (χ3v) is 5.19. The standard InChI is InChI=1S/C12H14BrN3OS2/c1-14-5-6-16(2)12(17)8-7-18-11(15-8)9-3-4-10(13)19-9/h3-4,7,14H,5-6H2,1-2H3. The van der Waals surface area contributed by atoms with Crippen molar-refractivity contribution in [1.82, 2.24) is 15.2 Å². The first-order chi connectivity index (χ1) is 9.11. The molecule has 0 radical (unpaired) electrons. The average molecular weight is 360 g/mol. The molecule has 0 aliphatic rings. The van der Waals surface area contributed by atoms with Crippen molar-refractivity contribution in [2.75, 3.05) is 27.2 Å². The molecule has 0 saturated heterocycles. The molecule has 19 heavy (non-hydrogen) atoms. The minimum Gasteiger partial charge on any atom is -0.339 e. The molecule has 0 fully saturated rings. The Kier molecular flexibility index (Phi) is 5.09. The maximum atomic E-state index is 12.1. The highest BCUT2D eigenvalue weighted by Gasteiger charge is 2.16. The van der Waals surface area contributed by atoms with E-state index < -0.39 is 0 Å². The number of amides is 1. The number of thiophene rings is 1. The Balaban J connectivity index is 2.10. The number of carbonyl (C=O) groups excluding carboxylic acids is 1. The second-order valence-electron chi connectivity index (χ2n) is 3.97. The van der Waals surface area contributed by atoms with Gasteiger partial charge in [-0.3, -0.25) is 4.79 Å². The van der Waals surface area contributed by atoms with E-state index in [1.165, 1.54) is 11.3 Å². The normalized spacial score (nSPS) is 10.7. The van der Waals surface area contributed by atoms with Crippen LogP contribution in [0.25, 0.3) is 9.88 Å². The van der Waals surface area contributed by atoms with Crippen molar-refractivity contribution in [3.63, 3.8) is 0 Å². The second-order valence-corrected chi connectivity index (χ2v) is 7.29. The lowest BCUT2D eigenvalue weighted by atomic mass is 10.4. The Bertz CT molecular complexity index is 567. The SMILES string of the molecule is CNCCN(C)C(=O)c1csc(-c2ccc(Br)s2)n1. The molecule has 0 aliphatic carbocycles. The van der Waals surface area contributed by atoms with Gasteiger partial charge in [0.05, 0.1) is 8.66 Å². The fourth-order valence-corrected chi connectivity index (χ4v) is 3.74. The summed E-state index contributed by atoms with van der Waals surface area (Å²) in [4.78, 5) is 19.3. The summed E-state index contributed by atoms with van der Waals surface area (Å²) >= 11 is 6.55. The highest BCUT2D eigenvalue weighted by molar-refractivity contribution is 9.11. The van der Waals surface area contributed by atoms with Crippen LogP contribution in [0.5, 0.6) is 0 Å². The quantitative estimate of drug-likeness (QED) is 0.892. The number of likely N-dealkylation sites (N-methyl/N-ethyl adjacent to an activating group) is 2. The Morgan fingerprint density at radius 3 is 2.95 bits per heavy atom. The van der Waals surface area contributed by atoms with Gasteiger partial charge in [0.2, 0.25) is 0 Å². The molecule has 2 rings (SSSR count). The third kappa shape index (κ3) is 3.62. The Morgan fingerprint density at radius 2 is 2.32 bits per heavy atom. The van der Waals surface area contributed by atoms with E-state index in [1.807, 2.05) is 24.6 Å². The van der Waals surface area contributed by atoms with Gasteiger partial charge in [-0.25, -0.2) is 4.98 Å². The summed E-state index contributed by atoms with van der Waals surface area (Å²) in [7, 11) is 3.66. The molecule has 0 atom stereocenters. The lowest BCUT2D eigenvalue weighted by Crippen LogP contribution is -2.32. The first kappa shape index (κ1) is 14.6. The molecule has 1 N–H and O–H groups in total. The van der Waals surface area contributed by atoms with Gasteiger partial charge < -0.3 is 10.2 Å². The molecule has 1 amide bonds. The zero-order valence-corrected chi connectivity index (χ0v) is 13.9. The van der Waals surface area contributed by atoms with Crippen LogP contribution in [0.3, 0.4) is 0 Å². The predicted molar refractivity (Wildman–Crippen MR) is 84.0 cm³/mol. The molecule has 0 spiro atoms. The molecule has 0 aliphatic heterocycles. The van der Waals surface area contributed by atoms with Crippen LogP contribution < -0.4 is 5.32 Å². The molecule has 0 saturated carbocycles. The Labute approximate surface area is 128 Å². The average Bonchev–Trinajstić information content (AvgIpc) is 3.03.